The Kier molecular flexibility index (Phi) is 6.14. The standard InChI is InChI=1S/C24H27FN6O3/c25-18-9-19(26-11-18)13-30(14-23(32)33)24(34)17-5-3-16(4-6-17)20-12-28-22-8-7-21(29-31(20)22)27-10-15-1-2-15/h3-8,12,15,18-19,26H,1-2,9-11,13-14H2,(H,27,29)(H,32,33)/t18-,19+/m1/s1. The third-order valence-corrected chi connectivity index (χ3v) is 6.28. The van der Waals surface area contributed by atoms with Crippen LogP contribution < -0.4 is 10.6 Å². The Morgan fingerprint density at radius 1 is 1.21 bits per heavy atom. The van der Waals surface area contributed by atoms with Crippen LogP contribution in [0, 0.1) is 5.92 Å². The molecule has 0 bridgehead atoms. The van der Waals surface area contributed by atoms with Gasteiger partial charge in [0, 0.05) is 36.8 Å². The van der Waals surface area contributed by atoms with E-state index in [4.69, 9.17) is 0 Å². The first-order valence-electron chi connectivity index (χ1n) is 11.5. The SMILES string of the molecule is O=C(O)CN(C[C@@H]1C[C@@H](F)CN1)C(=O)c1ccc(-c2cnc3ccc(NCC4CC4)nn23)cc1. The van der Waals surface area contributed by atoms with Crippen LogP contribution in [-0.4, -0.2) is 74.9 Å². The average Bonchev–Trinajstić information content (AvgIpc) is 3.43. The summed E-state index contributed by atoms with van der Waals surface area (Å²) in [6, 6.07) is 10.5. The first kappa shape index (κ1) is 22.3. The van der Waals surface area contributed by atoms with Gasteiger partial charge in [0.05, 0.1) is 11.9 Å². The highest BCUT2D eigenvalue weighted by Crippen LogP contribution is 2.29. The Balaban J connectivity index is 1.33. The molecular weight excluding hydrogens is 439 g/mol. The molecule has 1 aromatic carbocycles. The number of hydrogen-bond acceptors (Lipinski definition) is 6. The third-order valence-electron chi connectivity index (χ3n) is 6.28. The number of nitrogens with zero attached hydrogens (tertiary/aromatic N) is 4. The van der Waals surface area contributed by atoms with Crippen molar-refractivity contribution in [2.24, 2.45) is 5.92 Å². The number of halogens is 1. The molecule has 0 radical (unpaired) electrons. The minimum atomic E-state index is -1.11. The number of aromatic nitrogens is 3. The van der Waals surface area contributed by atoms with Crippen molar-refractivity contribution in [2.45, 2.75) is 31.5 Å². The van der Waals surface area contributed by atoms with Crippen molar-refractivity contribution in [1.29, 1.82) is 0 Å². The largest absolute Gasteiger partial charge is 0.480 e. The molecule has 2 aromatic heterocycles. The highest BCUT2D eigenvalue weighted by atomic mass is 19.1. The molecule has 3 aromatic rings. The van der Waals surface area contributed by atoms with Crippen molar-refractivity contribution in [3.8, 4) is 11.3 Å². The number of nitrogens with one attached hydrogen (secondary N) is 2. The summed E-state index contributed by atoms with van der Waals surface area (Å²) in [5, 5.41) is 20.3. The van der Waals surface area contributed by atoms with Crippen LogP contribution in [0.1, 0.15) is 29.6 Å². The fourth-order valence-electron chi connectivity index (χ4n) is 4.26. The lowest BCUT2D eigenvalue weighted by Gasteiger charge is -2.24. The maximum atomic E-state index is 13.5. The zero-order chi connectivity index (χ0) is 23.7. The number of aliphatic carboxylic acids is 1. The highest BCUT2D eigenvalue weighted by Gasteiger charge is 2.28. The van der Waals surface area contributed by atoms with Gasteiger partial charge in [-0.15, -0.1) is 5.10 Å². The highest BCUT2D eigenvalue weighted by molar-refractivity contribution is 5.96. The van der Waals surface area contributed by atoms with Gasteiger partial charge in [0.15, 0.2) is 5.65 Å². The smallest absolute Gasteiger partial charge is 0.323 e. The molecule has 9 nitrogen and oxygen atoms in total. The summed E-state index contributed by atoms with van der Waals surface area (Å²) in [4.78, 5) is 30.0. The molecule has 2 atom stereocenters. The quantitative estimate of drug-likeness (QED) is 0.444. The summed E-state index contributed by atoms with van der Waals surface area (Å²) in [6.07, 6.45) is 3.54. The van der Waals surface area contributed by atoms with Gasteiger partial charge in [-0.25, -0.2) is 13.9 Å². The van der Waals surface area contributed by atoms with Gasteiger partial charge in [-0.1, -0.05) is 12.1 Å². The van der Waals surface area contributed by atoms with Crippen LogP contribution >= 0.6 is 0 Å². The fourth-order valence-corrected chi connectivity index (χ4v) is 4.26. The lowest BCUT2D eigenvalue weighted by Crippen LogP contribution is -2.43. The number of amides is 1. The number of rotatable bonds is 9. The number of fused-ring (bicyclic) bond motifs is 1. The lowest BCUT2D eigenvalue weighted by molar-refractivity contribution is -0.137. The topological polar surface area (TPSA) is 112 Å². The second kappa shape index (κ2) is 9.38. The van der Waals surface area contributed by atoms with Gasteiger partial charge in [0.1, 0.15) is 18.5 Å². The molecule has 5 rings (SSSR count). The maximum absolute atomic E-state index is 13.5. The summed E-state index contributed by atoms with van der Waals surface area (Å²) in [7, 11) is 0. The van der Waals surface area contributed by atoms with Crippen LogP contribution in [0.3, 0.4) is 0 Å². The Morgan fingerprint density at radius 3 is 2.68 bits per heavy atom. The van der Waals surface area contributed by atoms with Gasteiger partial charge in [0.25, 0.3) is 5.91 Å². The summed E-state index contributed by atoms with van der Waals surface area (Å²) >= 11 is 0. The minimum Gasteiger partial charge on any atom is -0.480 e. The number of imidazole rings is 1. The first-order chi connectivity index (χ1) is 16.5. The number of benzene rings is 1. The summed E-state index contributed by atoms with van der Waals surface area (Å²) < 4.78 is 15.3. The zero-order valence-electron chi connectivity index (χ0n) is 18.7. The fraction of sp³-hybridized carbons (Fsp3) is 0.417. The van der Waals surface area contributed by atoms with Crippen molar-refractivity contribution in [1.82, 2.24) is 24.8 Å². The van der Waals surface area contributed by atoms with Crippen LogP contribution in [0.5, 0.6) is 0 Å². The minimum absolute atomic E-state index is 0.140. The van der Waals surface area contributed by atoms with E-state index >= 15 is 0 Å². The van der Waals surface area contributed by atoms with E-state index in [-0.39, 0.29) is 25.6 Å². The van der Waals surface area contributed by atoms with E-state index in [9.17, 15) is 19.1 Å². The Labute approximate surface area is 196 Å². The average molecular weight is 467 g/mol. The van der Waals surface area contributed by atoms with E-state index in [1.165, 1.54) is 17.7 Å². The molecule has 1 saturated carbocycles. The Hall–Kier alpha value is -3.53. The molecule has 1 saturated heterocycles. The molecule has 10 heteroatoms. The van der Waals surface area contributed by atoms with E-state index in [1.54, 1.807) is 35.0 Å². The molecule has 0 unspecified atom stereocenters. The summed E-state index contributed by atoms with van der Waals surface area (Å²) in [5.74, 6) is 0.00253. The van der Waals surface area contributed by atoms with Gasteiger partial charge in [-0.2, -0.15) is 0 Å². The molecule has 2 fully saturated rings. The van der Waals surface area contributed by atoms with E-state index in [0.717, 1.165) is 35.2 Å². The van der Waals surface area contributed by atoms with Gasteiger partial charge >= 0.3 is 5.97 Å². The van der Waals surface area contributed by atoms with Crippen molar-refractivity contribution >= 4 is 23.3 Å². The van der Waals surface area contributed by atoms with E-state index < -0.39 is 24.6 Å². The Bertz CT molecular complexity index is 1190. The second-order valence-electron chi connectivity index (χ2n) is 9.05. The molecule has 1 amide bonds. The maximum Gasteiger partial charge on any atom is 0.323 e. The van der Waals surface area contributed by atoms with E-state index in [1.807, 2.05) is 12.1 Å². The molecule has 2 aliphatic rings. The normalized spacial score (nSPS) is 19.9. The van der Waals surface area contributed by atoms with Crippen LogP contribution in [0.25, 0.3) is 16.9 Å². The number of hydrogen-bond donors (Lipinski definition) is 3. The molecule has 3 heterocycles. The third kappa shape index (κ3) is 5.01. The second-order valence-corrected chi connectivity index (χ2v) is 9.05. The monoisotopic (exact) mass is 466 g/mol. The molecule has 34 heavy (non-hydrogen) atoms. The molecule has 1 aliphatic heterocycles. The number of carbonyl (C=O) groups is 2. The van der Waals surface area contributed by atoms with Crippen LogP contribution in [0.2, 0.25) is 0 Å². The predicted molar refractivity (Wildman–Crippen MR) is 124 cm³/mol. The van der Waals surface area contributed by atoms with Gasteiger partial charge < -0.3 is 20.6 Å². The molecule has 0 spiro atoms. The van der Waals surface area contributed by atoms with E-state index in [2.05, 4.69) is 20.7 Å². The number of carbonyl (C=O) groups excluding carboxylic acids is 1. The van der Waals surface area contributed by atoms with Crippen LogP contribution in [0.15, 0.2) is 42.6 Å². The van der Waals surface area contributed by atoms with Crippen LogP contribution in [-0.2, 0) is 4.79 Å². The van der Waals surface area contributed by atoms with Crippen LogP contribution in [0.4, 0.5) is 10.2 Å². The summed E-state index contributed by atoms with van der Waals surface area (Å²) in [5.41, 5.74) is 2.71. The predicted octanol–water partition coefficient (Wildman–Crippen LogP) is 2.44. The molecular formula is C24H27FN6O3. The number of carboxylic acids is 1. The van der Waals surface area contributed by atoms with Gasteiger partial charge in [-0.3, -0.25) is 9.59 Å². The number of anilines is 1. The molecule has 3 N–H and O–H groups in total. The first-order valence-corrected chi connectivity index (χ1v) is 11.5. The van der Waals surface area contributed by atoms with Gasteiger partial charge in [-0.05, 0) is 49.4 Å². The van der Waals surface area contributed by atoms with Crippen molar-refractivity contribution in [3.63, 3.8) is 0 Å². The Morgan fingerprint density at radius 2 is 2.00 bits per heavy atom. The zero-order valence-corrected chi connectivity index (χ0v) is 18.7. The van der Waals surface area contributed by atoms with E-state index in [0.29, 0.717) is 5.56 Å². The van der Waals surface area contributed by atoms with Crippen molar-refractivity contribution < 1.29 is 19.1 Å². The number of alkyl halides is 1. The molecule has 1 aliphatic carbocycles. The summed E-state index contributed by atoms with van der Waals surface area (Å²) in [6.45, 7) is 0.832. The van der Waals surface area contributed by atoms with Crippen molar-refractivity contribution in [3.05, 3.63) is 48.2 Å². The molecule has 178 valence electrons. The lowest BCUT2D eigenvalue weighted by atomic mass is 10.1. The van der Waals surface area contributed by atoms with Crippen molar-refractivity contribution in [2.75, 3.05) is 31.5 Å². The number of carboxylic acid groups (broad SMARTS) is 1. The van der Waals surface area contributed by atoms with Gasteiger partial charge in [0.2, 0.25) is 0 Å².